The second-order valence-corrected chi connectivity index (χ2v) is 10.2. The number of rotatable bonds is 6. The van der Waals surface area contributed by atoms with E-state index in [4.69, 9.17) is 5.73 Å². The lowest BCUT2D eigenvalue weighted by molar-refractivity contribution is 0.100. The minimum absolute atomic E-state index is 0.293. The minimum Gasteiger partial charge on any atom is -0.368 e. The van der Waals surface area contributed by atoms with Gasteiger partial charge in [0.2, 0.25) is 0 Å². The van der Waals surface area contributed by atoms with E-state index in [9.17, 15) is 4.79 Å². The van der Waals surface area contributed by atoms with Crippen LogP contribution in [0.1, 0.15) is 88.1 Å². The van der Waals surface area contributed by atoms with Crippen LogP contribution in [-0.4, -0.2) is 43.5 Å². The monoisotopic (exact) mass is 399 g/mol. The van der Waals surface area contributed by atoms with E-state index in [0.717, 1.165) is 37.8 Å². The van der Waals surface area contributed by atoms with Crippen LogP contribution in [0.2, 0.25) is 0 Å². The average molecular weight is 400 g/mol. The quantitative estimate of drug-likeness (QED) is 0.730. The molecule has 1 saturated carbocycles. The number of amides is 1. The van der Waals surface area contributed by atoms with Gasteiger partial charge in [0.25, 0.3) is 5.91 Å². The molecule has 2 fully saturated rings. The Morgan fingerprint density at radius 3 is 2.28 bits per heavy atom. The second kappa shape index (κ2) is 9.51. The van der Waals surface area contributed by atoms with Crippen LogP contribution in [0.25, 0.3) is 0 Å². The predicted molar refractivity (Wildman–Crippen MR) is 123 cm³/mol. The van der Waals surface area contributed by atoms with E-state index in [1.54, 1.807) is 0 Å². The minimum atomic E-state index is -0.293. The first kappa shape index (κ1) is 22.1. The maximum absolute atomic E-state index is 12.3. The van der Waals surface area contributed by atoms with Crippen molar-refractivity contribution in [2.24, 2.45) is 17.1 Å². The first-order valence-corrected chi connectivity index (χ1v) is 11.7. The van der Waals surface area contributed by atoms with Gasteiger partial charge in [-0.3, -0.25) is 9.69 Å². The number of hydrogen-bond acceptors (Lipinski definition) is 3. The number of carbonyl (C=O) groups is 1. The lowest BCUT2D eigenvalue weighted by atomic mass is 9.68. The molecule has 1 aliphatic heterocycles. The van der Waals surface area contributed by atoms with Gasteiger partial charge in [-0.25, -0.2) is 0 Å². The summed E-state index contributed by atoms with van der Waals surface area (Å²) in [7, 11) is 0. The lowest BCUT2D eigenvalue weighted by Gasteiger charge is -2.41. The van der Waals surface area contributed by atoms with Crippen LogP contribution in [-0.2, 0) is 0 Å². The van der Waals surface area contributed by atoms with E-state index in [1.807, 2.05) is 12.1 Å². The van der Waals surface area contributed by atoms with Crippen molar-refractivity contribution < 1.29 is 4.79 Å². The van der Waals surface area contributed by atoms with E-state index in [-0.39, 0.29) is 5.91 Å². The SMILES string of the molecule is CCCCN1CCN(c2c(C(N)=O)cccc2C2CCC(C(C)(C)C)CC2)CC1. The fraction of sp³-hybridized carbons (Fsp3) is 0.720. The van der Waals surface area contributed by atoms with E-state index in [2.05, 4.69) is 43.6 Å². The number of piperazine rings is 1. The zero-order chi connectivity index (χ0) is 21.0. The van der Waals surface area contributed by atoms with E-state index in [0.29, 0.717) is 16.9 Å². The summed E-state index contributed by atoms with van der Waals surface area (Å²) in [4.78, 5) is 17.3. The van der Waals surface area contributed by atoms with Gasteiger partial charge < -0.3 is 10.6 Å². The Bertz CT molecular complexity index is 678. The number of unbranched alkanes of at least 4 members (excludes halogenated alkanes) is 1. The Kier molecular flexibility index (Phi) is 7.26. The van der Waals surface area contributed by atoms with Crippen molar-refractivity contribution in [2.45, 2.75) is 72.1 Å². The highest BCUT2D eigenvalue weighted by Crippen LogP contribution is 2.45. The standard InChI is InChI=1S/C25H41N3O/c1-5-6-14-27-15-17-28(18-16-27)23-21(8-7-9-22(23)24(26)29)19-10-12-20(13-11-19)25(2,3)4/h7-9,19-20H,5-6,10-18H2,1-4H3,(H2,26,29). The molecule has 29 heavy (non-hydrogen) atoms. The number of hydrogen-bond donors (Lipinski definition) is 1. The Morgan fingerprint density at radius 1 is 1.07 bits per heavy atom. The van der Waals surface area contributed by atoms with Crippen LogP contribution >= 0.6 is 0 Å². The average Bonchev–Trinajstić information content (AvgIpc) is 2.71. The third-order valence-electron chi connectivity index (χ3n) is 7.24. The first-order valence-electron chi connectivity index (χ1n) is 11.7. The van der Waals surface area contributed by atoms with Crippen molar-refractivity contribution in [1.29, 1.82) is 0 Å². The molecule has 4 heteroatoms. The predicted octanol–water partition coefficient (Wildman–Crippen LogP) is 5.03. The van der Waals surface area contributed by atoms with Gasteiger partial charge in [0.15, 0.2) is 0 Å². The maximum Gasteiger partial charge on any atom is 0.250 e. The first-order chi connectivity index (χ1) is 13.8. The topological polar surface area (TPSA) is 49.6 Å². The molecule has 1 heterocycles. The summed E-state index contributed by atoms with van der Waals surface area (Å²) in [5, 5.41) is 0. The summed E-state index contributed by atoms with van der Waals surface area (Å²) in [6.07, 6.45) is 7.49. The lowest BCUT2D eigenvalue weighted by Crippen LogP contribution is -2.47. The molecule has 1 saturated heterocycles. The molecule has 4 nitrogen and oxygen atoms in total. The summed E-state index contributed by atoms with van der Waals surface area (Å²) in [5.41, 5.74) is 9.40. The van der Waals surface area contributed by atoms with E-state index >= 15 is 0 Å². The van der Waals surface area contributed by atoms with Crippen molar-refractivity contribution >= 4 is 11.6 Å². The van der Waals surface area contributed by atoms with Gasteiger partial charge in [-0.1, -0.05) is 46.2 Å². The van der Waals surface area contributed by atoms with Crippen molar-refractivity contribution in [3.63, 3.8) is 0 Å². The van der Waals surface area contributed by atoms with Crippen LogP contribution in [0.5, 0.6) is 0 Å². The Morgan fingerprint density at radius 2 is 1.72 bits per heavy atom. The largest absolute Gasteiger partial charge is 0.368 e. The van der Waals surface area contributed by atoms with Crippen LogP contribution in [0, 0.1) is 11.3 Å². The molecule has 2 aliphatic rings. The third kappa shape index (κ3) is 5.33. The number of primary amides is 1. The molecular weight excluding hydrogens is 358 g/mol. The third-order valence-corrected chi connectivity index (χ3v) is 7.24. The van der Waals surface area contributed by atoms with Gasteiger partial charge in [0, 0.05) is 26.2 Å². The molecule has 0 unspecified atom stereocenters. The number of benzene rings is 1. The van der Waals surface area contributed by atoms with Gasteiger partial charge in [-0.15, -0.1) is 0 Å². The summed E-state index contributed by atoms with van der Waals surface area (Å²) < 4.78 is 0. The van der Waals surface area contributed by atoms with Gasteiger partial charge in [0.1, 0.15) is 0 Å². The van der Waals surface area contributed by atoms with Crippen LogP contribution in [0.15, 0.2) is 18.2 Å². The molecule has 1 aliphatic carbocycles. The van der Waals surface area contributed by atoms with Gasteiger partial charge >= 0.3 is 0 Å². The fourth-order valence-corrected chi connectivity index (χ4v) is 5.29. The summed E-state index contributed by atoms with van der Waals surface area (Å²) in [6, 6.07) is 6.21. The molecule has 1 amide bonds. The maximum atomic E-state index is 12.3. The summed E-state index contributed by atoms with van der Waals surface area (Å²) >= 11 is 0. The zero-order valence-corrected chi connectivity index (χ0v) is 19.0. The number of para-hydroxylation sites is 1. The molecule has 2 N–H and O–H groups in total. The molecule has 0 spiro atoms. The smallest absolute Gasteiger partial charge is 0.250 e. The second-order valence-electron chi connectivity index (χ2n) is 10.2. The summed E-state index contributed by atoms with van der Waals surface area (Å²) in [6.45, 7) is 14.7. The highest BCUT2D eigenvalue weighted by Gasteiger charge is 2.33. The van der Waals surface area contributed by atoms with Crippen molar-refractivity contribution in [3.8, 4) is 0 Å². The Balaban J connectivity index is 1.79. The van der Waals surface area contributed by atoms with Gasteiger partial charge in [-0.2, -0.15) is 0 Å². The Labute approximate surface area is 177 Å². The Hall–Kier alpha value is -1.55. The number of carbonyl (C=O) groups excluding carboxylic acids is 1. The highest BCUT2D eigenvalue weighted by molar-refractivity contribution is 5.99. The van der Waals surface area contributed by atoms with Gasteiger partial charge in [0.05, 0.1) is 11.3 Å². The van der Waals surface area contributed by atoms with Crippen molar-refractivity contribution in [3.05, 3.63) is 29.3 Å². The zero-order valence-electron chi connectivity index (χ0n) is 19.0. The van der Waals surface area contributed by atoms with Crippen LogP contribution in [0.4, 0.5) is 5.69 Å². The molecule has 0 radical (unpaired) electrons. The van der Waals surface area contributed by atoms with E-state index < -0.39 is 0 Å². The number of anilines is 1. The molecule has 0 aromatic heterocycles. The van der Waals surface area contributed by atoms with Crippen molar-refractivity contribution in [2.75, 3.05) is 37.6 Å². The molecule has 0 atom stereocenters. The van der Waals surface area contributed by atoms with Crippen LogP contribution in [0.3, 0.4) is 0 Å². The normalized spacial score (nSPS) is 23.9. The van der Waals surface area contributed by atoms with Gasteiger partial charge in [-0.05, 0) is 67.5 Å². The molecule has 0 bridgehead atoms. The van der Waals surface area contributed by atoms with E-state index in [1.165, 1.54) is 50.6 Å². The number of nitrogens with two attached hydrogens (primary N) is 1. The number of nitrogens with zero attached hydrogens (tertiary/aromatic N) is 2. The van der Waals surface area contributed by atoms with Crippen molar-refractivity contribution in [1.82, 2.24) is 4.90 Å². The molecule has 3 rings (SSSR count). The fourth-order valence-electron chi connectivity index (χ4n) is 5.29. The molecule has 1 aromatic carbocycles. The molecule has 1 aromatic rings. The molecular formula is C25H41N3O. The highest BCUT2D eigenvalue weighted by atomic mass is 16.1. The molecule has 162 valence electrons. The van der Waals surface area contributed by atoms with Crippen LogP contribution < -0.4 is 10.6 Å². The summed E-state index contributed by atoms with van der Waals surface area (Å²) in [5.74, 6) is 1.04.